The summed E-state index contributed by atoms with van der Waals surface area (Å²) in [7, 11) is 0. The van der Waals surface area contributed by atoms with Crippen molar-refractivity contribution in [2.75, 3.05) is 0 Å². The zero-order valence-corrected chi connectivity index (χ0v) is 18.2. The minimum Gasteiger partial charge on any atom is -0.424 e. The maximum Gasteiger partial charge on any atom is 0.333 e. The highest BCUT2D eigenvalue weighted by Crippen LogP contribution is 2.23. The Labute approximate surface area is 197 Å². The van der Waals surface area contributed by atoms with Gasteiger partial charge >= 0.3 is 11.9 Å². The summed E-state index contributed by atoms with van der Waals surface area (Å²) >= 11 is 0. The number of ether oxygens (including phenoxy) is 2. The highest BCUT2D eigenvalue weighted by Gasteiger charge is 2.41. The van der Waals surface area contributed by atoms with Crippen LogP contribution in [0.1, 0.15) is 16.7 Å². The number of rotatable bonds is 8. The number of carbonyl (C=O) groups excluding carboxylic acids is 2. The first-order valence-electron chi connectivity index (χ1n) is 10.7. The summed E-state index contributed by atoms with van der Waals surface area (Å²) in [4.78, 5) is 35.9. The Kier molecular flexibility index (Phi) is 7.97. The fraction of sp³-hybridized carbons (Fsp3) is 0.111. The lowest BCUT2D eigenvalue weighted by Crippen LogP contribution is -2.31. The topological polar surface area (TPSA) is 74.3 Å². The van der Waals surface area contributed by atoms with Gasteiger partial charge in [-0.1, -0.05) is 96.2 Å². The van der Waals surface area contributed by atoms with Crippen molar-refractivity contribution in [2.45, 2.75) is 19.1 Å². The standard InChI is InChI=1S/C27H23NO6/c29-24(18-16-21-10-4-1-5-11-21)31-26-27(32-25(30)19-17-22-12-6-2-7-13-22)34-28(33-26)20-23-14-8-3-9-15-23/h1-19,26-27H,20H2/b18-16-,19-17+/t26-,27+/m1/s1. The van der Waals surface area contributed by atoms with Gasteiger partial charge in [0.25, 0.3) is 12.6 Å². The molecule has 2 atom stereocenters. The van der Waals surface area contributed by atoms with E-state index >= 15 is 0 Å². The van der Waals surface area contributed by atoms with Crippen molar-refractivity contribution in [3.8, 4) is 0 Å². The summed E-state index contributed by atoms with van der Waals surface area (Å²) in [5.74, 6) is -1.33. The molecule has 3 aromatic carbocycles. The van der Waals surface area contributed by atoms with Gasteiger partial charge in [-0.3, -0.25) is 0 Å². The summed E-state index contributed by atoms with van der Waals surface area (Å²) in [6, 6.07) is 28.0. The highest BCUT2D eigenvalue weighted by atomic mass is 17.1. The second-order valence-electron chi connectivity index (χ2n) is 7.29. The first kappa shape index (κ1) is 23.1. The van der Waals surface area contributed by atoms with Gasteiger partial charge in [0, 0.05) is 12.2 Å². The molecule has 3 aromatic rings. The molecule has 1 saturated heterocycles. The van der Waals surface area contributed by atoms with Gasteiger partial charge in [-0.15, -0.1) is 0 Å². The van der Waals surface area contributed by atoms with E-state index in [-0.39, 0.29) is 6.54 Å². The smallest absolute Gasteiger partial charge is 0.333 e. The molecular formula is C27H23NO6. The Morgan fingerprint density at radius 3 is 1.53 bits per heavy atom. The summed E-state index contributed by atoms with van der Waals surface area (Å²) in [6.07, 6.45) is 3.23. The normalized spacial score (nSPS) is 18.4. The quantitative estimate of drug-likeness (QED) is 0.363. The number of benzene rings is 3. The monoisotopic (exact) mass is 457 g/mol. The number of hydrogen-bond donors (Lipinski definition) is 0. The first-order valence-corrected chi connectivity index (χ1v) is 10.7. The second kappa shape index (κ2) is 11.7. The molecule has 0 radical (unpaired) electrons. The van der Waals surface area contributed by atoms with E-state index in [1.54, 1.807) is 12.2 Å². The Balaban J connectivity index is 1.41. The molecule has 0 saturated carbocycles. The van der Waals surface area contributed by atoms with E-state index in [0.717, 1.165) is 21.9 Å². The zero-order chi connectivity index (χ0) is 23.6. The summed E-state index contributed by atoms with van der Waals surface area (Å²) in [5.41, 5.74) is 2.57. The molecule has 0 unspecified atom stereocenters. The largest absolute Gasteiger partial charge is 0.424 e. The third-order valence-corrected chi connectivity index (χ3v) is 4.71. The van der Waals surface area contributed by atoms with Crippen LogP contribution in [0.4, 0.5) is 0 Å². The van der Waals surface area contributed by atoms with E-state index in [2.05, 4.69) is 0 Å². The van der Waals surface area contributed by atoms with Gasteiger partial charge in [-0.25, -0.2) is 19.3 Å². The number of nitrogens with zero attached hydrogens (tertiary/aromatic N) is 1. The molecule has 172 valence electrons. The molecule has 34 heavy (non-hydrogen) atoms. The van der Waals surface area contributed by atoms with E-state index in [0.29, 0.717) is 0 Å². The van der Waals surface area contributed by atoms with Crippen LogP contribution < -0.4 is 0 Å². The Morgan fingerprint density at radius 2 is 1.09 bits per heavy atom. The van der Waals surface area contributed by atoms with Gasteiger partial charge in [-0.05, 0) is 28.8 Å². The number of hydroxylamine groups is 2. The molecule has 7 heteroatoms. The van der Waals surface area contributed by atoms with Crippen LogP contribution >= 0.6 is 0 Å². The maximum absolute atomic E-state index is 12.4. The predicted molar refractivity (Wildman–Crippen MR) is 125 cm³/mol. The van der Waals surface area contributed by atoms with E-state index in [1.165, 1.54) is 12.2 Å². The van der Waals surface area contributed by atoms with Crippen molar-refractivity contribution in [2.24, 2.45) is 0 Å². The molecular weight excluding hydrogens is 434 g/mol. The lowest BCUT2D eigenvalue weighted by molar-refractivity contribution is -0.343. The summed E-state index contributed by atoms with van der Waals surface area (Å²) in [5, 5.41) is 1.13. The van der Waals surface area contributed by atoms with Crippen molar-refractivity contribution >= 4 is 24.1 Å². The van der Waals surface area contributed by atoms with Gasteiger partial charge in [0.15, 0.2) is 0 Å². The lowest BCUT2D eigenvalue weighted by atomic mass is 10.2. The minimum atomic E-state index is -1.27. The molecule has 1 aliphatic heterocycles. The van der Waals surface area contributed by atoms with Crippen molar-refractivity contribution < 1.29 is 28.7 Å². The molecule has 0 N–H and O–H groups in total. The molecule has 4 rings (SSSR count). The van der Waals surface area contributed by atoms with Crippen LogP contribution in [0.3, 0.4) is 0 Å². The molecule has 0 spiro atoms. The van der Waals surface area contributed by atoms with Crippen LogP contribution in [-0.4, -0.2) is 29.7 Å². The molecule has 7 nitrogen and oxygen atoms in total. The number of carbonyl (C=O) groups is 2. The van der Waals surface area contributed by atoms with Crippen LogP contribution in [0.2, 0.25) is 0 Å². The van der Waals surface area contributed by atoms with Gasteiger partial charge in [-0.2, -0.15) is 0 Å². The molecule has 1 fully saturated rings. The van der Waals surface area contributed by atoms with Crippen molar-refractivity contribution in [3.63, 3.8) is 0 Å². The number of esters is 2. The average Bonchev–Trinajstić information content (AvgIpc) is 3.23. The Morgan fingerprint density at radius 1 is 0.676 bits per heavy atom. The zero-order valence-electron chi connectivity index (χ0n) is 18.2. The van der Waals surface area contributed by atoms with Crippen LogP contribution in [0.5, 0.6) is 0 Å². The van der Waals surface area contributed by atoms with E-state index in [4.69, 9.17) is 19.1 Å². The SMILES string of the molecule is O=C(/C=C\c1ccccc1)O[C@@H]1ON(Cc2ccccc2)O[C@@H]1OC(=O)/C=C/c1ccccc1. The minimum absolute atomic E-state index is 0.239. The third-order valence-electron chi connectivity index (χ3n) is 4.71. The first-order chi connectivity index (χ1) is 16.7. The van der Waals surface area contributed by atoms with Gasteiger partial charge in [0.2, 0.25) is 0 Å². The predicted octanol–water partition coefficient (Wildman–Crippen LogP) is 4.53. The van der Waals surface area contributed by atoms with Gasteiger partial charge in [0.1, 0.15) is 0 Å². The maximum atomic E-state index is 12.4. The molecule has 1 aliphatic rings. The molecule has 0 aliphatic carbocycles. The van der Waals surface area contributed by atoms with Gasteiger partial charge in [0.05, 0.1) is 6.54 Å². The van der Waals surface area contributed by atoms with Crippen molar-refractivity contribution in [1.29, 1.82) is 0 Å². The Hall–Kier alpha value is -4.04. The average molecular weight is 457 g/mol. The summed E-state index contributed by atoms with van der Waals surface area (Å²) in [6.45, 7) is 0.239. The highest BCUT2D eigenvalue weighted by molar-refractivity contribution is 5.88. The van der Waals surface area contributed by atoms with Gasteiger partial charge < -0.3 is 9.47 Å². The third kappa shape index (κ3) is 6.98. The van der Waals surface area contributed by atoms with Crippen LogP contribution in [0.25, 0.3) is 12.2 Å². The van der Waals surface area contributed by atoms with E-state index in [9.17, 15) is 9.59 Å². The summed E-state index contributed by atoms with van der Waals surface area (Å²) < 4.78 is 10.7. The lowest BCUT2D eigenvalue weighted by Gasteiger charge is -2.14. The van der Waals surface area contributed by atoms with Crippen molar-refractivity contribution in [3.05, 3.63) is 120 Å². The fourth-order valence-corrected chi connectivity index (χ4v) is 3.08. The molecule has 0 aromatic heterocycles. The second-order valence-corrected chi connectivity index (χ2v) is 7.29. The Bertz CT molecular complexity index is 1060. The van der Waals surface area contributed by atoms with E-state index in [1.807, 2.05) is 91.0 Å². The molecule has 1 heterocycles. The van der Waals surface area contributed by atoms with Crippen LogP contribution in [0.15, 0.2) is 103 Å². The molecule has 0 amide bonds. The van der Waals surface area contributed by atoms with Crippen LogP contribution in [0, 0.1) is 0 Å². The van der Waals surface area contributed by atoms with E-state index < -0.39 is 24.5 Å². The van der Waals surface area contributed by atoms with Crippen LogP contribution in [-0.2, 0) is 35.3 Å². The van der Waals surface area contributed by atoms with Crippen molar-refractivity contribution in [1.82, 2.24) is 5.23 Å². The molecule has 0 bridgehead atoms. The number of hydrogen-bond acceptors (Lipinski definition) is 7. The fourth-order valence-electron chi connectivity index (χ4n) is 3.08.